The van der Waals surface area contributed by atoms with Crippen molar-refractivity contribution in [1.82, 2.24) is 10.6 Å². The first kappa shape index (κ1) is 21.3. The molecule has 1 fully saturated rings. The van der Waals surface area contributed by atoms with Gasteiger partial charge in [0.15, 0.2) is 16.6 Å². The lowest BCUT2D eigenvalue weighted by molar-refractivity contribution is -0.123. The molecule has 1 saturated heterocycles. The Morgan fingerprint density at radius 3 is 2.48 bits per heavy atom. The third kappa shape index (κ3) is 5.14. The topological polar surface area (TPSA) is 76.7 Å². The number of halogens is 2. The molecule has 2 aromatic carbocycles. The van der Waals surface area contributed by atoms with Gasteiger partial charge < -0.3 is 9.47 Å². The van der Waals surface area contributed by atoms with Crippen LogP contribution in [-0.2, 0) is 16.2 Å². The number of hydrogen-bond donors (Lipinski definition) is 2. The van der Waals surface area contributed by atoms with Crippen LogP contribution in [0.1, 0.15) is 18.1 Å². The third-order valence-electron chi connectivity index (χ3n) is 3.92. The van der Waals surface area contributed by atoms with Crippen molar-refractivity contribution in [1.29, 1.82) is 0 Å². The Morgan fingerprint density at radius 1 is 1.14 bits per heavy atom. The molecule has 2 amide bonds. The van der Waals surface area contributed by atoms with Gasteiger partial charge in [-0.2, -0.15) is 0 Å². The van der Waals surface area contributed by atoms with Gasteiger partial charge in [-0.1, -0.05) is 45.7 Å². The van der Waals surface area contributed by atoms with Gasteiger partial charge in [0.25, 0.3) is 11.8 Å². The smallest absolute Gasteiger partial charge is 0.263 e. The van der Waals surface area contributed by atoms with E-state index in [1.807, 2.05) is 31.2 Å². The Bertz CT molecular complexity index is 1000. The van der Waals surface area contributed by atoms with Gasteiger partial charge in [-0.15, -0.1) is 0 Å². The second-order valence-corrected chi connectivity index (χ2v) is 7.61. The van der Waals surface area contributed by atoms with E-state index >= 15 is 0 Å². The van der Waals surface area contributed by atoms with Crippen LogP contribution in [-0.4, -0.2) is 23.5 Å². The molecule has 29 heavy (non-hydrogen) atoms. The summed E-state index contributed by atoms with van der Waals surface area (Å²) in [5, 5.41) is 5.04. The SMILES string of the molecule is CCOc1cc(C=C2C(=O)NC(=S)NC2=O)cc(Cl)c1OCc1ccccc1Br. The van der Waals surface area contributed by atoms with Crippen molar-refractivity contribution >= 4 is 62.8 Å². The lowest BCUT2D eigenvalue weighted by atomic mass is 10.1. The molecule has 0 bridgehead atoms. The molecule has 2 N–H and O–H groups in total. The zero-order valence-electron chi connectivity index (χ0n) is 15.3. The van der Waals surface area contributed by atoms with Crippen molar-refractivity contribution in [3.63, 3.8) is 0 Å². The van der Waals surface area contributed by atoms with Gasteiger partial charge in [-0.3, -0.25) is 20.2 Å². The van der Waals surface area contributed by atoms with Crippen LogP contribution in [0.15, 0.2) is 46.4 Å². The normalized spacial score (nSPS) is 13.6. The summed E-state index contributed by atoms with van der Waals surface area (Å²) in [6, 6.07) is 10.9. The molecule has 0 unspecified atom stereocenters. The summed E-state index contributed by atoms with van der Waals surface area (Å²) >= 11 is 14.7. The molecule has 1 heterocycles. The molecule has 0 atom stereocenters. The van der Waals surface area contributed by atoms with E-state index in [-0.39, 0.29) is 17.3 Å². The van der Waals surface area contributed by atoms with Crippen molar-refractivity contribution in [3.05, 3.63) is 62.6 Å². The van der Waals surface area contributed by atoms with Crippen LogP contribution in [0, 0.1) is 0 Å². The lowest BCUT2D eigenvalue weighted by Gasteiger charge is -2.17. The average molecular weight is 496 g/mol. The summed E-state index contributed by atoms with van der Waals surface area (Å²) < 4.78 is 12.5. The molecule has 0 spiro atoms. The molecular weight excluding hydrogens is 480 g/mol. The predicted molar refractivity (Wildman–Crippen MR) is 118 cm³/mol. The highest BCUT2D eigenvalue weighted by atomic mass is 79.9. The maximum Gasteiger partial charge on any atom is 0.263 e. The number of hydrogen-bond acceptors (Lipinski definition) is 5. The van der Waals surface area contributed by atoms with Crippen LogP contribution in [0.25, 0.3) is 6.08 Å². The number of rotatable bonds is 6. The number of ether oxygens (including phenoxy) is 2. The second-order valence-electron chi connectivity index (χ2n) is 5.94. The highest BCUT2D eigenvalue weighted by Crippen LogP contribution is 2.38. The lowest BCUT2D eigenvalue weighted by Crippen LogP contribution is -2.51. The molecule has 0 saturated carbocycles. The number of carbonyl (C=O) groups is 2. The molecule has 0 aromatic heterocycles. The van der Waals surface area contributed by atoms with Crippen LogP contribution < -0.4 is 20.1 Å². The fraction of sp³-hybridized carbons (Fsp3) is 0.150. The van der Waals surface area contributed by atoms with E-state index in [2.05, 4.69) is 26.6 Å². The van der Waals surface area contributed by atoms with E-state index in [1.54, 1.807) is 12.1 Å². The summed E-state index contributed by atoms with van der Waals surface area (Å²) in [6.07, 6.45) is 1.42. The molecule has 2 aromatic rings. The van der Waals surface area contributed by atoms with Crippen molar-refractivity contribution in [2.45, 2.75) is 13.5 Å². The Morgan fingerprint density at radius 2 is 1.83 bits per heavy atom. The van der Waals surface area contributed by atoms with E-state index in [1.165, 1.54) is 6.08 Å². The largest absolute Gasteiger partial charge is 0.490 e. The molecule has 150 valence electrons. The maximum atomic E-state index is 12.1. The fourth-order valence-electron chi connectivity index (χ4n) is 2.61. The molecular formula is C20H16BrClN2O4S. The summed E-state index contributed by atoms with van der Waals surface area (Å²) in [5.74, 6) is -0.375. The second kappa shape index (κ2) is 9.39. The number of carbonyl (C=O) groups excluding carboxylic acids is 2. The molecule has 0 aliphatic carbocycles. The summed E-state index contributed by atoms with van der Waals surface area (Å²) in [7, 11) is 0. The summed E-state index contributed by atoms with van der Waals surface area (Å²) in [5.41, 5.74) is 1.38. The minimum absolute atomic E-state index is 0.0268. The number of thiocarbonyl (C=S) groups is 1. The zero-order valence-corrected chi connectivity index (χ0v) is 18.4. The molecule has 1 aliphatic rings. The Labute approximate surface area is 186 Å². The van der Waals surface area contributed by atoms with Gasteiger partial charge in [0, 0.05) is 10.0 Å². The third-order valence-corrected chi connectivity index (χ3v) is 5.17. The Kier molecular flexibility index (Phi) is 6.89. The van der Waals surface area contributed by atoms with Gasteiger partial charge in [-0.05, 0) is 49.0 Å². The van der Waals surface area contributed by atoms with E-state index in [0.717, 1.165) is 10.0 Å². The van der Waals surface area contributed by atoms with Gasteiger partial charge in [0.05, 0.1) is 11.6 Å². The zero-order chi connectivity index (χ0) is 21.0. The van der Waals surface area contributed by atoms with E-state index in [4.69, 9.17) is 33.3 Å². The van der Waals surface area contributed by atoms with Crippen LogP contribution in [0.2, 0.25) is 5.02 Å². The number of nitrogens with one attached hydrogen (secondary N) is 2. The van der Waals surface area contributed by atoms with Crippen molar-refractivity contribution in [2.24, 2.45) is 0 Å². The highest BCUT2D eigenvalue weighted by molar-refractivity contribution is 9.10. The molecule has 6 nitrogen and oxygen atoms in total. The van der Waals surface area contributed by atoms with Crippen LogP contribution in [0.3, 0.4) is 0 Å². The van der Waals surface area contributed by atoms with Crippen molar-refractivity contribution in [3.8, 4) is 11.5 Å². The first-order chi connectivity index (χ1) is 13.9. The molecule has 1 aliphatic heterocycles. The van der Waals surface area contributed by atoms with Crippen LogP contribution in [0.5, 0.6) is 11.5 Å². The minimum Gasteiger partial charge on any atom is -0.490 e. The Hall–Kier alpha value is -2.42. The summed E-state index contributed by atoms with van der Waals surface area (Å²) in [4.78, 5) is 24.1. The molecule has 0 radical (unpaired) electrons. The minimum atomic E-state index is -0.581. The first-order valence-electron chi connectivity index (χ1n) is 8.60. The van der Waals surface area contributed by atoms with Crippen LogP contribution in [0.4, 0.5) is 0 Å². The first-order valence-corrected chi connectivity index (χ1v) is 10.2. The quantitative estimate of drug-likeness (QED) is 0.360. The molecule has 9 heteroatoms. The number of amides is 2. The number of benzene rings is 2. The monoisotopic (exact) mass is 494 g/mol. The van der Waals surface area contributed by atoms with Gasteiger partial charge >= 0.3 is 0 Å². The maximum absolute atomic E-state index is 12.1. The standard InChI is InChI=1S/C20H16BrClN2O4S/c1-2-27-16-9-11(7-13-18(25)23-20(29)24-19(13)26)8-15(22)17(16)28-10-12-5-3-4-6-14(12)21/h3-9H,2,10H2,1H3,(H2,23,24,25,26,29). The molecule has 3 rings (SSSR count). The van der Waals surface area contributed by atoms with Crippen LogP contribution >= 0.6 is 39.7 Å². The van der Waals surface area contributed by atoms with E-state index in [0.29, 0.717) is 28.7 Å². The summed E-state index contributed by atoms with van der Waals surface area (Å²) in [6.45, 7) is 2.50. The highest BCUT2D eigenvalue weighted by Gasteiger charge is 2.26. The van der Waals surface area contributed by atoms with Crippen molar-refractivity contribution in [2.75, 3.05) is 6.61 Å². The average Bonchev–Trinajstić information content (AvgIpc) is 2.65. The Balaban J connectivity index is 1.91. The van der Waals surface area contributed by atoms with Gasteiger partial charge in [0.1, 0.15) is 12.2 Å². The van der Waals surface area contributed by atoms with E-state index in [9.17, 15) is 9.59 Å². The van der Waals surface area contributed by atoms with Gasteiger partial charge in [0.2, 0.25) is 0 Å². The van der Waals surface area contributed by atoms with E-state index < -0.39 is 11.8 Å². The fourth-order valence-corrected chi connectivity index (χ4v) is 3.47. The van der Waals surface area contributed by atoms with Crippen molar-refractivity contribution < 1.29 is 19.1 Å². The van der Waals surface area contributed by atoms with Gasteiger partial charge in [-0.25, -0.2) is 0 Å². The predicted octanol–water partition coefficient (Wildman–Crippen LogP) is 3.99.